The summed E-state index contributed by atoms with van der Waals surface area (Å²) in [5, 5.41) is 7.20. The predicted octanol–water partition coefficient (Wildman–Crippen LogP) is 2.71. The number of rotatable bonds is 0. The van der Waals surface area contributed by atoms with Gasteiger partial charge in [-0.05, 0) is 43.6 Å². The molecule has 0 radical (unpaired) electrons. The smallest absolute Gasteiger partial charge is 0.355 e. The maximum atomic E-state index is 12.7. The zero-order valence-electron chi connectivity index (χ0n) is 13.4. The molecule has 0 saturated carbocycles. The molecule has 2 saturated heterocycles. The Bertz CT molecular complexity index is 1430. The Labute approximate surface area is 146 Å². The zero-order valence-corrected chi connectivity index (χ0v) is 13.4. The largest absolute Gasteiger partial charge is 0.388 e. The van der Waals surface area contributed by atoms with Crippen molar-refractivity contribution in [2.75, 3.05) is 0 Å². The van der Waals surface area contributed by atoms with Gasteiger partial charge in [-0.3, -0.25) is 0 Å². The fraction of sp³-hybridized carbons (Fsp3) is 0.0909. The van der Waals surface area contributed by atoms with E-state index in [0.717, 1.165) is 43.1 Å². The summed E-state index contributed by atoms with van der Waals surface area (Å²) in [5.74, 6) is -1.22. The van der Waals surface area contributed by atoms with E-state index in [0.29, 0.717) is 0 Å². The number of epoxide rings is 1. The van der Waals surface area contributed by atoms with Crippen LogP contribution in [0, 0.1) is 0 Å². The number of ether oxygens (including phenoxy) is 2. The van der Waals surface area contributed by atoms with E-state index in [1.165, 1.54) is 0 Å². The van der Waals surface area contributed by atoms with Crippen LogP contribution in [0.4, 0.5) is 0 Å². The van der Waals surface area contributed by atoms with Crippen LogP contribution in [0.25, 0.3) is 38.4 Å². The van der Waals surface area contributed by atoms with E-state index in [9.17, 15) is 9.59 Å². The van der Waals surface area contributed by atoms with Gasteiger partial charge in [0.2, 0.25) is 11.2 Å². The summed E-state index contributed by atoms with van der Waals surface area (Å²) in [7, 11) is 0. The Balaban J connectivity index is 1.88. The van der Waals surface area contributed by atoms with Crippen molar-refractivity contribution in [2.45, 2.75) is 11.2 Å². The first kappa shape index (κ1) is 13.0. The van der Waals surface area contributed by atoms with Crippen molar-refractivity contribution in [1.82, 2.24) is 0 Å². The quantitative estimate of drug-likeness (QED) is 0.163. The molecular formula is C22H10O4. The topological polar surface area (TPSA) is 55.9 Å². The third-order valence-corrected chi connectivity index (χ3v) is 6.09. The summed E-state index contributed by atoms with van der Waals surface area (Å²) in [5.41, 5.74) is -1.88. The molecule has 26 heavy (non-hydrogen) atoms. The van der Waals surface area contributed by atoms with E-state index in [-0.39, 0.29) is 0 Å². The van der Waals surface area contributed by atoms with Gasteiger partial charge in [0.05, 0.1) is 0 Å². The molecule has 3 aliphatic rings. The Kier molecular flexibility index (Phi) is 1.82. The third-order valence-electron chi connectivity index (χ3n) is 6.09. The highest BCUT2D eigenvalue weighted by molar-refractivity contribution is 6.28. The van der Waals surface area contributed by atoms with E-state index >= 15 is 0 Å². The van der Waals surface area contributed by atoms with Gasteiger partial charge in [0.15, 0.2) is 0 Å². The van der Waals surface area contributed by atoms with Crippen LogP contribution in [0.2, 0.25) is 0 Å². The van der Waals surface area contributed by atoms with Crippen LogP contribution >= 0.6 is 0 Å². The molecule has 0 amide bonds. The van der Waals surface area contributed by atoms with E-state index in [2.05, 4.69) is 24.3 Å². The van der Waals surface area contributed by atoms with Gasteiger partial charge in [0, 0.05) is 5.56 Å². The molecule has 2 fully saturated rings. The minimum atomic E-state index is -1.34. The number of carbonyl (C=O) groups excluding carboxylic acids is 2. The molecular weight excluding hydrogens is 328 g/mol. The second-order valence-corrected chi connectivity index (χ2v) is 7.19. The van der Waals surface area contributed by atoms with Crippen LogP contribution in [0.5, 0.6) is 0 Å². The lowest BCUT2D eigenvalue weighted by Gasteiger charge is -2.20. The van der Waals surface area contributed by atoms with Crippen molar-refractivity contribution < 1.29 is 19.1 Å². The molecule has 122 valence electrons. The summed E-state index contributed by atoms with van der Waals surface area (Å²) in [4.78, 5) is 25.1. The monoisotopic (exact) mass is 338 g/mol. The third kappa shape index (κ3) is 1.08. The first-order valence-electron chi connectivity index (χ1n) is 8.53. The molecule has 0 spiro atoms. The van der Waals surface area contributed by atoms with Crippen LogP contribution in [-0.2, 0) is 24.7 Å². The van der Waals surface area contributed by atoms with Crippen molar-refractivity contribution >= 4 is 50.3 Å². The van der Waals surface area contributed by atoms with Crippen LogP contribution in [0.1, 0.15) is 5.56 Å². The molecule has 2 atom stereocenters. The fourth-order valence-corrected chi connectivity index (χ4v) is 5.04. The summed E-state index contributed by atoms with van der Waals surface area (Å²) in [6.45, 7) is 0. The van der Waals surface area contributed by atoms with E-state index in [1.807, 2.05) is 30.3 Å². The number of benzene rings is 4. The summed E-state index contributed by atoms with van der Waals surface area (Å²) in [6, 6.07) is 18.2. The number of hydrogen-bond acceptors (Lipinski definition) is 4. The number of hydrogen-bond donors (Lipinski definition) is 0. The predicted molar refractivity (Wildman–Crippen MR) is 95.2 cm³/mol. The van der Waals surface area contributed by atoms with Crippen LogP contribution in [0.3, 0.4) is 0 Å². The Hall–Kier alpha value is -3.24. The first-order valence-corrected chi connectivity index (χ1v) is 8.53. The van der Waals surface area contributed by atoms with Crippen LogP contribution in [0.15, 0.2) is 54.6 Å². The lowest BCUT2D eigenvalue weighted by atomic mass is 9.76. The van der Waals surface area contributed by atoms with E-state index in [4.69, 9.17) is 9.47 Å². The molecule has 4 heteroatoms. The molecule has 7 rings (SSSR count). The summed E-state index contributed by atoms with van der Waals surface area (Å²) < 4.78 is 10.9. The first-order chi connectivity index (χ1) is 12.7. The van der Waals surface area contributed by atoms with Gasteiger partial charge in [0.1, 0.15) is 0 Å². The molecule has 0 N–H and O–H groups in total. The van der Waals surface area contributed by atoms with Crippen molar-refractivity contribution in [1.29, 1.82) is 0 Å². The lowest BCUT2D eigenvalue weighted by molar-refractivity contribution is -0.163. The molecule has 4 aromatic carbocycles. The summed E-state index contributed by atoms with van der Waals surface area (Å²) in [6.07, 6.45) is 1.76. The van der Waals surface area contributed by atoms with Crippen LogP contribution in [-0.4, -0.2) is 17.5 Å². The van der Waals surface area contributed by atoms with Gasteiger partial charge >= 0.3 is 11.9 Å². The molecule has 4 aromatic rings. The van der Waals surface area contributed by atoms with Crippen molar-refractivity contribution in [2.24, 2.45) is 0 Å². The molecule has 4 nitrogen and oxygen atoms in total. The average molecular weight is 338 g/mol. The second kappa shape index (κ2) is 3.64. The summed E-state index contributed by atoms with van der Waals surface area (Å²) >= 11 is 0. The Morgan fingerprint density at radius 1 is 0.731 bits per heavy atom. The molecule has 2 aliphatic heterocycles. The molecule has 0 bridgehead atoms. The molecule has 0 aromatic heterocycles. The molecule has 1 aliphatic carbocycles. The SMILES string of the molecule is O=C1OC(=O)C23OC12C=c1cccc2c1c3c1cccc3cccc2c31. The minimum absolute atomic E-state index is 0.606. The standard InChI is InChI=1S/C22H10O4/c23-19-21-10-12-6-3-8-14-13-7-1-4-11-5-2-9-15(16(11)13)18(17(12)14)22(21,26-21)20(24)25-19/h1-10H. The van der Waals surface area contributed by atoms with Crippen LogP contribution < -0.4 is 5.22 Å². The van der Waals surface area contributed by atoms with Gasteiger partial charge in [-0.1, -0.05) is 54.6 Å². The average Bonchev–Trinajstić information content (AvgIpc) is 3.30. The van der Waals surface area contributed by atoms with Gasteiger partial charge in [0.25, 0.3) is 0 Å². The van der Waals surface area contributed by atoms with Crippen molar-refractivity contribution in [3.8, 4) is 0 Å². The highest BCUT2D eigenvalue weighted by Gasteiger charge is 2.87. The molecule has 2 unspecified atom stereocenters. The number of cyclic esters (lactones) is 2. The van der Waals surface area contributed by atoms with Gasteiger partial charge < -0.3 is 9.47 Å². The Morgan fingerprint density at radius 2 is 1.42 bits per heavy atom. The van der Waals surface area contributed by atoms with Crippen molar-refractivity contribution in [3.63, 3.8) is 0 Å². The highest BCUT2D eigenvalue weighted by atomic mass is 16.7. The normalized spacial score (nSPS) is 28.2. The maximum absolute atomic E-state index is 12.7. The second-order valence-electron chi connectivity index (χ2n) is 7.19. The Morgan fingerprint density at radius 3 is 2.23 bits per heavy atom. The lowest BCUT2D eigenvalue weighted by Crippen LogP contribution is -2.32. The van der Waals surface area contributed by atoms with Gasteiger partial charge in [-0.25, -0.2) is 9.59 Å². The highest BCUT2D eigenvalue weighted by Crippen LogP contribution is 2.66. The van der Waals surface area contributed by atoms with Gasteiger partial charge in [-0.2, -0.15) is 0 Å². The minimum Gasteiger partial charge on any atom is -0.388 e. The number of fused-ring (bicyclic) bond motifs is 2. The maximum Gasteiger partial charge on any atom is 0.355 e. The fourth-order valence-electron chi connectivity index (χ4n) is 5.04. The number of carbonyl (C=O) groups is 2. The van der Waals surface area contributed by atoms with Gasteiger partial charge in [-0.15, -0.1) is 0 Å². The van der Waals surface area contributed by atoms with E-state index in [1.54, 1.807) is 6.08 Å². The van der Waals surface area contributed by atoms with Crippen molar-refractivity contribution in [3.05, 3.63) is 65.4 Å². The van der Waals surface area contributed by atoms with E-state index < -0.39 is 23.1 Å². The molecule has 2 heterocycles. The number of esters is 2. The zero-order chi connectivity index (χ0) is 17.3.